The average Bonchev–Trinajstić information content (AvgIpc) is 2.47. The number of carboxylic acid groups (broad SMARTS) is 1. The molecule has 0 bridgehead atoms. The molecule has 4 nitrogen and oxygen atoms in total. The van der Waals surface area contributed by atoms with Crippen LogP contribution in [0.15, 0.2) is 46.9 Å². The van der Waals surface area contributed by atoms with Crippen molar-refractivity contribution in [1.29, 1.82) is 0 Å². The van der Waals surface area contributed by atoms with E-state index >= 15 is 0 Å². The average molecular weight is 351 g/mol. The minimum absolute atomic E-state index is 0.0329. The first kappa shape index (κ1) is 15.4. The third kappa shape index (κ3) is 4.49. The Kier molecular flexibility index (Phi) is 5.22. The molecule has 110 valence electrons. The molecule has 2 aromatic carbocycles. The number of aliphatic carboxylic acids is 1. The summed E-state index contributed by atoms with van der Waals surface area (Å²) in [5.74, 6) is 0.652. The topological polar surface area (TPSA) is 55.8 Å². The van der Waals surface area contributed by atoms with Gasteiger partial charge in [-0.2, -0.15) is 0 Å². The van der Waals surface area contributed by atoms with Crippen LogP contribution in [-0.4, -0.2) is 18.2 Å². The highest BCUT2D eigenvalue weighted by Gasteiger charge is 2.04. The van der Waals surface area contributed by atoms with E-state index in [4.69, 9.17) is 14.6 Å². The lowest BCUT2D eigenvalue weighted by atomic mass is 10.1. The van der Waals surface area contributed by atoms with E-state index in [0.717, 1.165) is 27.1 Å². The predicted octanol–water partition coefficient (Wildman–Crippen LogP) is 3.66. The molecule has 0 fully saturated rings. The van der Waals surface area contributed by atoms with Crippen molar-refractivity contribution in [3.8, 4) is 11.5 Å². The molecule has 0 unspecified atom stereocenters. The van der Waals surface area contributed by atoms with E-state index in [0.29, 0.717) is 6.61 Å². The number of carboxylic acids is 1. The molecular formula is C16H15BrO4. The third-order valence-electron chi connectivity index (χ3n) is 2.91. The Balaban J connectivity index is 1.98. The summed E-state index contributed by atoms with van der Waals surface area (Å²) in [4.78, 5) is 10.6. The lowest BCUT2D eigenvalue weighted by Crippen LogP contribution is -2.01. The van der Waals surface area contributed by atoms with Crippen molar-refractivity contribution in [3.63, 3.8) is 0 Å². The largest absolute Gasteiger partial charge is 0.497 e. The van der Waals surface area contributed by atoms with Crippen LogP contribution >= 0.6 is 15.9 Å². The van der Waals surface area contributed by atoms with Crippen LogP contribution in [0.4, 0.5) is 0 Å². The fraction of sp³-hybridized carbons (Fsp3) is 0.188. The van der Waals surface area contributed by atoms with Gasteiger partial charge >= 0.3 is 5.97 Å². The quantitative estimate of drug-likeness (QED) is 0.863. The van der Waals surface area contributed by atoms with Gasteiger partial charge in [-0.1, -0.05) is 24.3 Å². The number of benzene rings is 2. The summed E-state index contributed by atoms with van der Waals surface area (Å²) in [5.41, 5.74) is 1.75. The van der Waals surface area contributed by atoms with E-state index in [1.54, 1.807) is 19.2 Å². The molecular weight excluding hydrogens is 336 g/mol. The Morgan fingerprint density at radius 3 is 2.38 bits per heavy atom. The molecule has 0 heterocycles. The van der Waals surface area contributed by atoms with Crippen LogP contribution in [0.2, 0.25) is 0 Å². The maximum absolute atomic E-state index is 10.6. The van der Waals surface area contributed by atoms with Gasteiger partial charge in [-0.25, -0.2) is 0 Å². The van der Waals surface area contributed by atoms with Crippen LogP contribution < -0.4 is 9.47 Å². The number of hydrogen-bond donors (Lipinski definition) is 1. The number of halogens is 1. The maximum atomic E-state index is 10.6. The van der Waals surface area contributed by atoms with E-state index < -0.39 is 5.97 Å². The highest BCUT2D eigenvalue weighted by molar-refractivity contribution is 9.10. The van der Waals surface area contributed by atoms with Gasteiger partial charge in [0.25, 0.3) is 0 Å². The van der Waals surface area contributed by atoms with Crippen molar-refractivity contribution in [2.45, 2.75) is 13.0 Å². The van der Waals surface area contributed by atoms with E-state index in [-0.39, 0.29) is 6.42 Å². The van der Waals surface area contributed by atoms with Gasteiger partial charge in [0.15, 0.2) is 0 Å². The number of hydrogen-bond acceptors (Lipinski definition) is 3. The van der Waals surface area contributed by atoms with Crippen LogP contribution in [0.3, 0.4) is 0 Å². The van der Waals surface area contributed by atoms with E-state index in [1.165, 1.54) is 0 Å². The lowest BCUT2D eigenvalue weighted by molar-refractivity contribution is -0.136. The molecule has 0 atom stereocenters. The number of carbonyl (C=O) groups is 1. The van der Waals surface area contributed by atoms with Gasteiger partial charge in [0, 0.05) is 0 Å². The minimum Gasteiger partial charge on any atom is -0.497 e. The summed E-state index contributed by atoms with van der Waals surface area (Å²) in [6.07, 6.45) is 0.0329. The second kappa shape index (κ2) is 7.13. The first-order valence-corrected chi connectivity index (χ1v) is 7.13. The Morgan fingerprint density at radius 1 is 1.14 bits per heavy atom. The fourth-order valence-electron chi connectivity index (χ4n) is 1.81. The summed E-state index contributed by atoms with van der Waals surface area (Å²) in [7, 11) is 1.61. The highest BCUT2D eigenvalue weighted by atomic mass is 79.9. The molecule has 1 N–H and O–H groups in total. The molecule has 0 aromatic heterocycles. The first-order chi connectivity index (χ1) is 10.1. The zero-order valence-corrected chi connectivity index (χ0v) is 13.1. The zero-order valence-electron chi connectivity index (χ0n) is 11.5. The SMILES string of the molecule is COc1ccc(OCc2ccc(CC(=O)O)cc2)c(Br)c1. The van der Waals surface area contributed by atoms with Crippen molar-refractivity contribution in [2.24, 2.45) is 0 Å². The minimum atomic E-state index is -0.832. The zero-order chi connectivity index (χ0) is 15.2. The third-order valence-corrected chi connectivity index (χ3v) is 3.53. The molecule has 0 aliphatic rings. The van der Waals surface area contributed by atoms with Gasteiger partial charge < -0.3 is 14.6 Å². The lowest BCUT2D eigenvalue weighted by Gasteiger charge is -2.10. The van der Waals surface area contributed by atoms with Crippen molar-refractivity contribution in [1.82, 2.24) is 0 Å². The van der Waals surface area contributed by atoms with Gasteiger partial charge in [0.05, 0.1) is 18.0 Å². The van der Waals surface area contributed by atoms with Crippen molar-refractivity contribution >= 4 is 21.9 Å². The molecule has 0 aliphatic carbocycles. The van der Waals surface area contributed by atoms with E-state index in [9.17, 15) is 4.79 Å². The van der Waals surface area contributed by atoms with Gasteiger partial charge in [-0.3, -0.25) is 4.79 Å². The Hall–Kier alpha value is -2.01. The summed E-state index contributed by atoms with van der Waals surface area (Å²) >= 11 is 3.43. The second-order valence-electron chi connectivity index (χ2n) is 4.47. The van der Waals surface area contributed by atoms with E-state index in [1.807, 2.05) is 30.3 Å². The normalized spacial score (nSPS) is 10.2. The van der Waals surface area contributed by atoms with E-state index in [2.05, 4.69) is 15.9 Å². The first-order valence-electron chi connectivity index (χ1n) is 6.34. The van der Waals surface area contributed by atoms with Gasteiger partial charge in [0.1, 0.15) is 18.1 Å². The monoisotopic (exact) mass is 350 g/mol. The van der Waals surface area contributed by atoms with Crippen molar-refractivity contribution in [2.75, 3.05) is 7.11 Å². The number of methoxy groups -OCH3 is 1. The Labute approximate surface area is 131 Å². The van der Waals surface area contributed by atoms with Gasteiger partial charge in [-0.15, -0.1) is 0 Å². The highest BCUT2D eigenvalue weighted by Crippen LogP contribution is 2.29. The Bertz CT molecular complexity index is 623. The van der Waals surface area contributed by atoms with Gasteiger partial charge in [0.2, 0.25) is 0 Å². The molecule has 21 heavy (non-hydrogen) atoms. The van der Waals surface area contributed by atoms with Gasteiger partial charge in [-0.05, 0) is 45.3 Å². The smallest absolute Gasteiger partial charge is 0.307 e. The Morgan fingerprint density at radius 2 is 1.81 bits per heavy atom. The number of rotatable bonds is 6. The molecule has 0 amide bonds. The fourth-order valence-corrected chi connectivity index (χ4v) is 2.29. The van der Waals surface area contributed by atoms with Crippen LogP contribution in [0.1, 0.15) is 11.1 Å². The molecule has 0 radical (unpaired) electrons. The maximum Gasteiger partial charge on any atom is 0.307 e. The number of ether oxygens (including phenoxy) is 2. The van der Waals surface area contributed by atoms with Crippen LogP contribution in [0, 0.1) is 0 Å². The summed E-state index contributed by atoms with van der Waals surface area (Å²) in [6.45, 7) is 0.415. The molecule has 2 aromatic rings. The molecule has 0 aliphatic heterocycles. The summed E-state index contributed by atoms with van der Waals surface area (Å²) < 4.78 is 11.7. The summed E-state index contributed by atoms with van der Waals surface area (Å²) in [5, 5.41) is 8.72. The molecule has 5 heteroatoms. The molecule has 0 saturated carbocycles. The molecule has 0 saturated heterocycles. The summed E-state index contributed by atoms with van der Waals surface area (Å²) in [6, 6.07) is 12.8. The standard InChI is InChI=1S/C16H15BrO4/c1-20-13-6-7-15(14(17)9-13)21-10-12-4-2-11(3-5-12)8-16(18)19/h2-7,9H,8,10H2,1H3,(H,18,19). The van der Waals surface area contributed by atoms with Crippen LogP contribution in [-0.2, 0) is 17.8 Å². The van der Waals surface area contributed by atoms with Crippen LogP contribution in [0.5, 0.6) is 11.5 Å². The molecule has 2 rings (SSSR count). The van der Waals surface area contributed by atoms with Crippen molar-refractivity contribution in [3.05, 3.63) is 58.1 Å². The van der Waals surface area contributed by atoms with Crippen LogP contribution in [0.25, 0.3) is 0 Å². The second-order valence-corrected chi connectivity index (χ2v) is 5.33. The van der Waals surface area contributed by atoms with Crippen molar-refractivity contribution < 1.29 is 19.4 Å². The predicted molar refractivity (Wildman–Crippen MR) is 82.8 cm³/mol. The molecule has 0 spiro atoms.